The smallest absolute Gasteiger partial charge is 0.410 e. The maximum Gasteiger partial charge on any atom is 0.410 e. The minimum Gasteiger partial charge on any atom is -0.444 e. The van der Waals surface area contributed by atoms with E-state index in [1.54, 1.807) is 0 Å². The Bertz CT molecular complexity index is 603. The predicted octanol–water partition coefficient (Wildman–Crippen LogP) is 3.67. The van der Waals surface area contributed by atoms with Gasteiger partial charge in [0.1, 0.15) is 5.60 Å². The lowest BCUT2D eigenvalue weighted by Gasteiger charge is -2.39. The topological polar surface area (TPSA) is 68.5 Å². The molecule has 2 aliphatic heterocycles. The zero-order valence-corrected chi connectivity index (χ0v) is 14.8. The van der Waals surface area contributed by atoms with Gasteiger partial charge in [0.05, 0.1) is 0 Å². The van der Waals surface area contributed by atoms with Crippen LogP contribution in [0.2, 0.25) is 0 Å². The molecule has 1 amide bonds. The summed E-state index contributed by atoms with van der Waals surface area (Å²) in [7, 11) is 0. The first-order valence-corrected chi connectivity index (χ1v) is 9.23. The molecule has 1 aromatic rings. The Hall–Kier alpha value is -1.59. The van der Waals surface area contributed by atoms with Crippen molar-refractivity contribution in [3.8, 4) is 0 Å². The van der Waals surface area contributed by atoms with Crippen LogP contribution in [0.5, 0.6) is 0 Å². The number of amides is 1. The lowest BCUT2D eigenvalue weighted by molar-refractivity contribution is 0.00180. The van der Waals surface area contributed by atoms with Crippen molar-refractivity contribution in [2.75, 3.05) is 0 Å². The van der Waals surface area contributed by atoms with Crippen molar-refractivity contribution < 1.29 is 14.1 Å². The molecule has 4 rings (SSSR count). The number of hydrogen-bond donors (Lipinski definition) is 0. The summed E-state index contributed by atoms with van der Waals surface area (Å²) in [5.74, 6) is 2.72. The van der Waals surface area contributed by atoms with Crippen LogP contribution < -0.4 is 0 Å². The van der Waals surface area contributed by atoms with Gasteiger partial charge in [0.2, 0.25) is 5.89 Å². The Labute approximate surface area is 142 Å². The van der Waals surface area contributed by atoms with Crippen molar-refractivity contribution in [1.29, 1.82) is 0 Å². The molecule has 6 heteroatoms. The van der Waals surface area contributed by atoms with Gasteiger partial charge in [-0.25, -0.2) is 4.79 Å². The van der Waals surface area contributed by atoms with Crippen LogP contribution in [0.25, 0.3) is 0 Å². The molecule has 1 saturated carbocycles. The summed E-state index contributed by atoms with van der Waals surface area (Å²) < 4.78 is 11.0. The molecule has 132 valence electrons. The highest BCUT2D eigenvalue weighted by Gasteiger charge is 2.45. The van der Waals surface area contributed by atoms with Crippen LogP contribution in [0.15, 0.2) is 4.52 Å². The Morgan fingerprint density at radius 1 is 1.21 bits per heavy atom. The quantitative estimate of drug-likeness (QED) is 0.844. The van der Waals surface area contributed by atoms with Gasteiger partial charge in [-0.05, 0) is 65.2 Å². The van der Waals surface area contributed by atoms with E-state index in [0.29, 0.717) is 23.9 Å². The third-order valence-electron chi connectivity index (χ3n) is 5.32. The second kappa shape index (κ2) is 5.74. The van der Waals surface area contributed by atoms with E-state index in [1.165, 1.54) is 12.8 Å². The molecule has 3 heterocycles. The standard InChI is InChI=1S/C18H27N3O3/c1-18(2,3)23-17(22)21-13-6-7-14(21)9-11(8-13)10-15-19-16(20-24-15)12-4-5-12/h11-14H,4-10H2,1-3H3/t13-,14-/m1/s1. The van der Waals surface area contributed by atoms with Crippen LogP contribution in [0.1, 0.15) is 76.9 Å². The van der Waals surface area contributed by atoms with Crippen LogP contribution in [0.4, 0.5) is 4.79 Å². The summed E-state index contributed by atoms with van der Waals surface area (Å²) in [5, 5.41) is 4.11. The first-order chi connectivity index (χ1) is 11.4. The van der Waals surface area contributed by atoms with Gasteiger partial charge in [-0.15, -0.1) is 0 Å². The fraction of sp³-hybridized carbons (Fsp3) is 0.833. The molecule has 3 aliphatic rings. The maximum absolute atomic E-state index is 12.5. The molecule has 1 aromatic heterocycles. The molecule has 0 N–H and O–H groups in total. The fourth-order valence-corrected chi connectivity index (χ4v) is 4.17. The van der Waals surface area contributed by atoms with Gasteiger partial charge in [0.15, 0.2) is 5.82 Å². The largest absolute Gasteiger partial charge is 0.444 e. The second-order valence-corrected chi connectivity index (χ2v) is 8.63. The summed E-state index contributed by atoms with van der Waals surface area (Å²) in [5.41, 5.74) is -0.434. The van der Waals surface area contributed by atoms with Crippen molar-refractivity contribution in [3.63, 3.8) is 0 Å². The molecule has 0 aromatic carbocycles. The van der Waals surface area contributed by atoms with E-state index in [-0.39, 0.29) is 6.09 Å². The summed E-state index contributed by atoms with van der Waals surface area (Å²) in [6.07, 6.45) is 7.26. The van der Waals surface area contributed by atoms with Crippen LogP contribution in [-0.4, -0.2) is 38.8 Å². The summed E-state index contributed by atoms with van der Waals surface area (Å²) in [4.78, 5) is 19.0. The molecular formula is C18H27N3O3. The average molecular weight is 333 g/mol. The van der Waals surface area contributed by atoms with Crippen molar-refractivity contribution in [2.24, 2.45) is 5.92 Å². The third-order valence-corrected chi connectivity index (χ3v) is 5.32. The van der Waals surface area contributed by atoms with Crippen molar-refractivity contribution >= 4 is 6.09 Å². The minimum atomic E-state index is -0.434. The van der Waals surface area contributed by atoms with Gasteiger partial charge in [0, 0.05) is 24.4 Å². The first-order valence-electron chi connectivity index (χ1n) is 9.23. The van der Waals surface area contributed by atoms with Gasteiger partial charge in [-0.1, -0.05) is 5.16 Å². The predicted molar refractivity (Wildman–Crippen MR) is 87.6 cm³/mol. The summed E-state index contributed by atoms with van der Waals surface area (Å²) >= 11 is 0. The lowest BCUT2D eigenvalue weighted by atomic mass is 9.88. The number of ether oxygens (including phenoxy) is 1. The zero-order valence-electron chi connectivity index (χ0n) is 14.8. The van der Waals surface area contributed by atoms with E-state index in [4.69, 9.17) is 9.26 Å². The molecule has 2 bridgehead atoms. The number of piperidine rings is 1. The fourth-order valence-electron chi connectivity index (χ4n) is 4.17. The molecule has 3 fully saturated rings. The maximum atomic E-state index is 12.5. The van der Waals surface area contributed by atoms with Gasteiger partial charge >= 0.3 is 6.09 Å². The van der Waals surface area contributed by atoms with E-state index >= 15 is 0 Å². The van der Waals surface area contributed by atoms with Crippen LogP contribution in [0.3, 0.4) is 0 Å². The number of carbonyl (C=O) groups excluding carboxylic acids is 1. The van der Waals surface area contributed by atoms with Crippen molar-refractivity contribution in [3.05, 3.63) is 11.7 Å². The highest BCUT2D eigenvalue weighted by Crippen LogP contribution is 2.41. The minimum absolute atomic E-state index is 0.151. The SMILES string of the molecule is CC(C)(C)OC(=O)N1[C@@H]2CC[C@@H]1CC(Cc1nc(C3CC3)no1)C2. The number of nitrogens with zero attached hydrogens (tertiary/aromatic N) is 3. The van der Waals surface area contributed by atoms with Crippen LogP contribution in [-0.2, 0) is 11.2 Å². The Morgan fingerprint density at radius 3 is 2.46 bits per heavy atom. The Kier molecular flexibility index (Phi) is 3.81. The summed E-state index contributed by atoms with van der Waals surface area (Å²) in [6.45, 7) is 5.77. The van der Waals surface area contributed by atoms with E-state index < -0.39 is 5.60 Å². The molecule has 0 radical (unpaired) electrons. The molecule has 1 aliphatic carbocycles. The van der Waals surface area contributed by atoms with Crippen LogP contribution >= 0.6 is 0 Å². The first kappa shape index (κ1) is 15.9. The Balaban J connectivity index is 1.37. The van der Waals surface area contributed by atoms with Gasteiger partial charge in [-0.3, -0.25) is 0 Å². The number of hydrogen-bond acceptors (Lipinski definition) is 5. The van der Waals surface area contributed by atoms with E-state index in [2.05, 4.69) is 10.1 Å². The molecule has 0 unspecified atom stereocenters. The third kappa shape index (κ3) is 3.28. The summed E-state index contributed by atoms with van der Waals surface area (Å²) in [6, 6.07) is 0.601. The van der Waals surface area contributed by atoms with E-state index in [1.807, 2.05) is 25.7 Å². The number of carbonyl (C=O) groups is 1. The molecular weight excluding hydrogens is 306 g/mol. The normalized spacial score (nSPS) is 29.8. The van der Waals surface area contributed by atoms with Crippen molar-refractivity contribution in [1.82, 2.24) is 15.0 Å². The van der Waals surface area contributed by atoms with Crippen molar-refractivity contribution in [2.45, 2.75) is 89.3 Å². The number of fused-ring (bicyclic) bond motifs is 2. The molecule has 2 atom stereocenters. The van der Waals surface area contributed by atoms with E-state index in [9.17, 15) is 4.79 Å². The monoisotopic (exact) mass is 333 g/mol. The van der Waals surface area contributed by atoms with Gasteiger partial charge in [0.25, 0.3) is 0 Å². The van der Waals surface area contributed by atoms with Crippen LogP contribution in [0, 0.1) is 5.92 Å². The highest BCUT2D eigenvalue weighted by atomic mass is 16.6. The van der Waals surface area contributed by atoms with Gasteiger partial charge in [-0.2, -0.15) is 4.98 Å². The highest BCUT2D eigenvalue weighted by molar-refractivity contribution is 5.69. The van der Waals surface area contributed by atoms with E-state index in [0.717, 1.165) is 43.8 Å². The number of rotatable bonds is 3. The number of aromatic nitrogens is 2. The molecule has 2 saturated heterocycles. The molecule has 24 heavy (non-hydrogen) atoms. The lowest BCUT2D eigenvalue weighted by Crippen LogP contribution is -2.48. The second-order valence-electron chi connectivity index (χ2n) is 8.63. The zero-order chi connectivity index (χ0) is 16.9. The Morgan fingerprint density at radius 2 is 1.88 bits per heavy atom. The average Bonchev–Trinajstić information content (AvgIpc) is 3.16. The molecule has 0 spiro atoms. The molecule has 6 nitrogen and oxygen atoms in total. The van der Waals surface area contributed by atoms with Gasteiger partial charge < -0.3 is 14.2 Å².